The van der Waals surface area contributed by atoms with E-state index in [-0.39, 0.29) is 17.8 Å². The quantitative estimate of drug-likeness (QED) is 0.714. The van der Waals surface area contributed by atoms with Crippen LogP contribution in [-0.2, 0) is 4.79 Å². The second-order valence-corrected chi connectivity index (χ2v) is 4.60. The van der Waals surface area contributed by atoms with Crippen LogP contribution < -0.4 is 21.3 Å². The van der Waals surface area contributed by atoms with E-state index >= 15 is 0 Å². The first-order chi connectivity index (χ1) is 9.13. The van der Waals surface area contributed by atoms with E-state index in [9.17, 15) is 4.79 Å². The molecule has 1 aliphatic rings. The molecule has 1 saturated heterocycles. The van der Waals surface area contributed by atoms with Gasteiger partial charge in [-0.3, -0.25) is 4.79 Å². The number of nitrogen functional groups attached to an aromatic ring is 1. The topological polar surface area (TPSA) is 96.2 Å². The lowest BCUT2D eigenvalue weighted by molar-refractivity contribution is -0.125. The summed E-state index contributed by atoms with van der Waals surface area (Å²) in [5, 5.41) is 5.67. The van der Waals surface area contributed by atoms with E-state index in [2.05, 4.69) is 25.5 Å². The standard InChI is InChI=1S/C12H20N6O/c1-14-9-7-10(17-12(13)16-9)18-5-3-8(4-6-18)11(19)15-2/h7-8H,3-6H2,1-2H3,(H,15,19)(H3,13,14,16,17). The van der Waals surface area contributed by atoms with E-state index in [4.69, 9.17) is 5.73 Å². The molecule has 0 aromatic carbocycles. The van der Waals surface area contributed by atoms with Crippen molar-refractivity contribution in [3.8, 4) is 0 Å². The monoisotopic (exact) mass is 264 g/mol. The number of nitrogens with two attached hydrogens (primary N) is 1. The zero-order valence-corrected chi connectivity index (χ0v) is 11.3. The van der Waals surface area contributed by atoms with Crippen LogP contribution >= 0.6 is 0 Å². The average Bonchev–Trinajstić information content (AvgIpc) is 2.46. The van der Waals surface area contributed by atoms with Gasteiger partial charge in [-0.1, -0.05) is 0 Å². The summed E-state index contributed by atoms with van der Waals surface area (Å²) in [6.45, 7) is 1.61. The van der Waals surface area contributed by atoms with E-state index in [0.717, 1.165) is 31.7 Å². The number of hydrogen-bond acceptors (Lipinski definition) is 6. The molecule has 19 heavy (non-hydrogen) atoms. The number of piperidine rings is 1. The third-order valence-electron chi connectivity index (χ3n) is 3.42. The van der Waals surface area contributed by atoms with Gasteiger partial charge in [0, 0.05) is 39.2 Å². The number of anilines is 3. The van der Waals surface area contributed by atoms with E-state index in [1.807, 2.05) is 6.07 Å². The highest BCUT2D eigenvalue weighted by atomic mass is 16.1. The zero-order chi connectivity index (χ0) is 13.8. The Hall–Kier alpha value is -2.05. The number of amides is 1. The van der Waals surface area contributed by atoms with Crippen molar-refractivity contribution in [2.24, 2.45) is 5.92 Å². The summed E-state index contributed by atoms with van der Waals surface area (Å²) in [7, 11) is 3.47. The van der Waals surface area contributed by atoms with Crippen molar-refractivity contribution >= 4 is 23.5 Å². The van der Waals surface area contributed by atoms with Gasteiger partial charge in [0.1, 0.15) is 11.6 Å². The van der Waals surface area contributed by atoms with E-state index < -0.39 is 0 Å². The van der Waals surface area contributed by atoms with Crippen molar-refractivity contribution in [3.63, 3.8) is 0 Å². The number of carbonyl (C=O) groups excluding carboxylic acids is 1. The van der Waals surface area contributed by atoms with Gasteiger partial charge in [-0.25, -0.2) is 0 Å². The minimum atomic E-state index is 0.101. The van der Waals surface area contributed by atoms with Gasteiger partial charge in [-0.05, 0) is 12.8 Å². The van der Waals surface area contributed by atoms with Gasteiger partial charge in [0.15, 0.2) is 0 Å². The third kappa shape index (κ3) is 3.04. The van der Waals surface area contributed by atoms with Gasteiger partial charge in [0.05, 0.1) is 0 Å². The maximum absolute atomic E-state index is 11.6. The molecular weight excluding hydrogens is 244 g/mol. The molecule has 104 valence electrons. The summed E-state index contributed by atoms with van der Waals surface area (Å²) < 4.78 is 0. The summed E-state index contributed by atoms with van der Waals surface area (Å²) in [5.74, 6) is 2.00. The van der Waals surface area contributed by atoms with Gasteiger partial charge < -0.3 is 21.3 Å². The first-order valence-corrected chi connectivity index (χ1v) is 6.43. The summed E-state index contributed by atoms with van der Waals surface area (Å²) >= 11 is 0. The minimum absolute atomic E-state index is 0.101. The Morgan fingerprint density at radius 2 is 2.05 bits per heavy atom. The Labute approximate surface area is 112 Å². The van der Waals surface area contributed by atoms with Crippen molar-refractivity contribution in [2.45, 2.75) is 12.8 Å². The number of aromatic nitrogens is 2. The minimum Gasteiger partial charge on any atom is -0.373 e. The molecule has 7 heteroatoms. The van der Waals surface area contributed by atoms with Crippen LogP contribution in [0.3, 0.4) is 0 Å². The highest BCUT2D eigenvalue weighted by Crippen LogP contribution is 2.23. The molecule has 0 spiro atoms. The molecule has 1 aromatic rings. The normalized spacial score (nSPS) is 16.2. The SMILES string of the molecule is CNC(=O)C1CCN(c2cc(NC)nc(N)n2)CC1. The van der Waals surface area contributed by atoms with Crippen LogP contribution in [0.15, 0.2) is 6.07 Å². The molecule has 1 aliphatic heterocycles. The fourth-order valence-corrected chi connectivity index (χ4v) is 2.32. The predicted octanol–water partition coefficient (Wildman–Crippen LogP) is 0.0629. The molecule has 0 bridgehead atoms. The molecule has 0 unspecified atom stereocenters. The maximum atomic E-state index is 11.6. The van der Waals surface area contributed by atoms with Crippen LogP contribution in [0.2, 0.25) is 0 Å². The number of carbonyl (C=O) groups is 1. The van der Waals surface area contributed by atoms with Crippen molar-refractivity contribution in [1.82, 2.24) is 15.3 Å². The Bertz CT molecular complexity index is 456. The van der Waals surface area contributed by atoms with Crippen LogP contribution in [-0.4, -0.2) is 43.1 Å². The van der Waals surface area contributed by atoms with Gasteiger partial charge in [-0.2, -0.15) is 9.97 Å². The highest BCUT2D eigenvalue weighted by molar-refractivity contribution is 5.78. The molecule has 2 rings (SSSR count). The molecule has 4 N–H and O–H groups in total. The van der Waals surface area contributed by atoms with Crippen LogP contribution in [0.25, 0.3) is 0 Å². The lowest BCUT2D eigenvalue weighted by atomic mass is 9.96. The van der Waals surface area contributed by atoms with Crippen LogP contribution in [0.4, 0.5) is 17.6 Å². The fraction of sp³-hybridized carbons (Fsp3) is 0.583. The molecule has 1 amide bonds. The summed E-state index contributed by atoms with van der Waals surface area (Å²) in [4.78, 5) is 22.0. The van der Waals surface area contributed by atoms with Crippen molar-refractivity contribution in [2.75, 3.05) is 43.1 Å². The number of rotatable bonds is 3. The Morgan fingerprint density at radius 3 is 2.63 bits per heavy atom. The van der Waals surface area contributed by atoms with Crippen LogP contribution in [0.5, 0.6) is 0 Å². The van der Waals surface area contributed by atoms with Gasteiger partial charge >= 0.3 is 0 Å². The second kappa shape index (κ2) is 5.73. The molecule has 2 heterocycles. The first-order valence-electron chi connectivity index (χ1n) is 6.43. The summed E-state index contributed by atoms with van der Waals surface area (Å²) in [6, 6.07) is 1.87. The second-order valence-electron chi connectivity index (χ2n) is 4.60. The fourth-order valence-electron chi connectivity index (χ4n) is 2.32. The van der Waals surface area contributed by atoms with Gasteiger partial charge in [0.25, 0.3) is 0 Å². The first kappa shape index (κ1) is 13.4. The van der Waals surface area contributed by atoms with Crippen molar-refractivity contribution < 1.29 is 4.79 Å². The predicted molar refractivity (Wildman–Crippen MR) is 75.0 cm³/mol. The molecule has 0 radical (unpaired) electrons. The van der Waals surface area contributed by atoms with Gasteiger partial charge in [0.2, 0.25) is 11.9 Å². The lowest BCUT2D eigenvalue weighted by Crippen LogP contribution is -2.40. The van der Waals surface area contributed by atoms with Crippen molar-refractivity contribution in [1.29, 1.82) is 0 Å². The van der Waals surface area contributed by atoms with E-state index in [0.29, 0.717) is 5.82 Å². The molecule has 1 aromatic heterocycles. The lowest BCUT2D eigenvalue weighted by Gasteiger charge is -2.32. The molecular formula is C12H20N6O. The Morgan fingerprint density at radius 1 is 1.37 bits per heavy atom. The molecule has 0 atom stereocenters. The average molecular weight is 264 g/mol. The Kier molecular flexibility index (Phi) is 4.03. The molecule has 7 nitrogen and oxygen atoms in total. The smallest absolute Gasteiger partial charge is 0.223 e. The van der Waals surface area contributed by atoms with E-state index in [1.165, 1.54) is 0 Å². The van der Waals surface area contributed by atoms with Gasteiger partial charge in [-0.15, -0.1) is 0 Å². The largest absolute Gasteiger partial charge is 0.373 e. The summed E-state index contributed by atoms with van der Waals surface area (Å²) in [5.41, 5.74) is 5.69. The molecule has 0 aliphatic carbocycles. The van der Waals surface area contributed by atoms with Crippen LogP contribution in [0.1, 0.15) is 12.8 Å². The van der Waals surface area contributed by atoms with Crippen LogP contribution in [0, 0.1) is 5.92 Å². The Balaban J connectivity index is 2.05. The summed E-state index contributed by atoms with van der Waals surface area (Å²) in [6.07, 6.45) is 1.66. The van der Waals surface area contributed by atoms with Crippen molar-refractivity contribution in [3.05, 3.63) is 6.07 Å². The van der Waals surface area contributed by atoms with E-state index in [1.54, 1.807) is 14.1 Å². The highest BCUT2D eigenvalue weighted by Gasteiger charge is 2.25. The zero-order valence-electron chi connectivity index (χ0n) is 11.3. The maximum Gasteiger partial charge on any atom is 0.223 e. The number of nitrogens with one attached hydrogen (secondary N) is 2. The number of nitrogens with zero attached hydrogens (tertiary/aromatic N) is 3. The molecule has 0 saturated carbocycles. The number of hydrogen-bond donors (Lipinski definition) is 3. The third-order valence-corrected chi connectivity index (χ3v) is 3.42. The molecule has 1 fully saturated rings.